The van der Waals surface area contributed by atoms with Gasteiger partial charge in [0.05, 0.1) is 17.4 Å². The van der Waals surface area contributed by atoms with Crippen LogP contribution >= 0.6 is 0 Å². The molecule has 1 aromatic rings. The van der Waals surface area contributed by atoms with Crippen molar-refractivity contribution in [2.24, 2.45) is 23.6 Å². The van der Waals surface area contributed by atoms with Crippen LogP contribution in [0.5, 0.6) is 0 Å². The fraction of sp³-hybridized carbons (Fsp3) is 0.625. The zero-order valence-electron chi connectivity index (χ0n) is 12.1. The molecule has 0 radical (unpaired) electrons. The molecule has 5 rings (SSSR count). The predicted molar refractivity (Wildman–Crippen MR) is 80.4 cm³/mol. The maximum atomic E-state index is 12.7. The van der Waals surface area contributed by atoms with Gasteiger partial charge in [-0.1, -0.05) is 0 Å². The molecule has 0 aliphatic heterocycles. The van der Waals surface area contributed by atoms with E-state index in [1.165, 1.54) is 19.3 Å². The van der Waals surface area contributed by atoms with Crippen LogP contribution in [0.2, 0.25) is 0 Å². The molecule has 5 nitrogen and oxygen atoms in total. The van der Waals surface area contributed by atoms with E-state index in [2.05, 4.69) is 15.7 Å². The molecule has 1 aromatic heterocycles. The smallest absolute Gasteiger partial charge is 0.253 e. The van der Waals surface area contributed by atoms with E-state index in [-0.39, 0.29) is 11.4 Å². The maximum absolute atomic E-state index is 12.7. The molecule has 5 heteroatoms. The molecule has 1 heterocycles. The number of carbonyl (C=O) groups excluding carboxylic acids is 1. The van der Waals surface area contributed by atoms with Crippen LogP contribution in [0.3, 0.4) is 0 Å². The minimum absolute atomic E-state index is 0.0210. The van der Waals surface area contributed by atoms with E-state index in [4.69, 9.17) is 5.84 Å². The van der Waals surface area contributed by atoms with Crippen molar-refractivity contribution in [3.8, 4) is 0 Å². The number of hydrogen-bond acceptors (Lipinski definition) is 4. The van der Waals surface area contributed by atoms with Gasteiger partial charge in [-0.05, 0) is 62.3 Å². The van der Waals surface area contributed by atoms with E-state index in [1.54, 1.807) is 18.5 Å². The SMILES string of the molecule is NNc1cnccc1C(=O)NC12CC3CC(CC(C3)C1)C2. The summed E-state index contributed by atoms with van der Waals surface area (Å²) in [4.78, 5) is 16.7. The van der Waals surface area contributed by atoms with E-state index in [1.807, 2.05) is 0 Å². The van der Waals surface area contributed by atoms with Crippen LogP contribution in [0.4, 0.5) is 5.69 Å². The molecule has 4 bridgehead atoms. The predicted octanol–water partition coefficient (Wildman–Crippen LogP) is 2.07. The zero-order valence-corrected chi connectivity index (χ0v) is 12.1. The molecule has 4 aliphatic carbocycles. The van der Waals surface area contributed by atoms with Crippen LogP contribution in [-0.2, 0) is 0 Å². The van der Waals surface area contributed by atoms with Crippen molar-refractivity contribution in [3.05, 3.63) is 24.0 Å². The van der Waals surface area contributed by atoms with Crippen molar-refractivity contribution in [1.29, 1.82) is 0 Å². The van der Waals surface area contributed by atoms with Crippen molar-refractivity contribution in [2.75, 3.05) is 5.43 Å². The first-order valence-electron chi connectivity index (χ1n) is 7.90. The molecule has 0 saturated heterocycles. The lowest BCUT2D eigenvalue weighted by Crippen LogP contribution is -2.59. The highest BCUT2D eigenvalue weighted by Crippen LogP contribution is 2.55. The molecule has 4 saturated carbocycles. The van der Waals surface area contributed by atoms with E-state index in [0.29, 0.717) is 11.3 Å². The highest BCUT2D eigenvalue weighted by atomic mass is 16.1. The summed E-state index contributed by atoms with van der Waals surface area (Å²) < 4.78 is 0. The van der Waals surface area contributed by atoms with Gasteiger partial charge in [0, 0.05) is 11.7 Å². The van der Waals surface area contributed by atoms with Crippen molar-refractivity contribution >= 4 is 11.6 Å². The average Bonchev–Trinajstić information content (AvgIpc) is 2.45. The van der Waals surface area contributed by atoms with Crippen LogP contribution < -0.4 is 16.6 Å². The van der Waals surface area contributed by atoms with Gasteiger partial charge in [-0.3, -0.25) is 15.6 Å². The number of nitrogens with zero attached hydrogens (tertiary/aromatic N) is 1. The van der Waals surface area contributed by atoms with Crippen molar-refractivity contribution < 1.29 is 4.79 Å². The Labute approximate surface area is 124 Å². The number of hydrazine groups is 1. The molecule has 4 aliphatic rings. The van der Waals surface area contributed by atoms with Crippen LogP contribution in [0.1, 0.15) is 48.9 Å². The standard InChI is InChI=1S/C16H22N4O/c17-20-14-9-18-2-1-13(14)15(21)19-16-6-10-3-11(7-16)5-12(4-10)8-16/h1-2,9-12,20H,3-8,17H2,(H,19,21). The molecule has 21 heavy (non-hydrogen) atoms. The molecule has 0 atom stereocenters. The number of aromatic nitrogens is 1. The average molecular weight is 286 g/mol. The Morgan fingerprint density at radius 3 is 2.38 bits per heavy atom. The van der Waals surface area contributed by atoms with Crippen molar-refractivity contribution in [3.63, 3.8) is 0 Å². The second-order valence-electron chi connectivity index (χ2n) is 7.22. The summed E-state index contributed by atoms with van der Waals surface area (Å²) >= 11 is 0. The van der Waals surface area contributed by atoms with Crippen LogP contribution in [0.15, 0.2) is 18.5 Å². The highest BCUT2D eigenvalue weighted by molar-refractivity contribution is 5.99. The fourth-order valence-electron chi connectivity index (χ4n) is 5.28. The van der Waals surface area contributed by atoms with Gasteiger partial charge in [0.2, 0.25) is 0 Å². The summed E-state index contributed by atoms with van der Waals surface area (Å²) in [7, 11) is 0. The number of carbonyl (C=O) groups is 1. The lowest BCUT2D eigenvalue weighted by atomic mass is 9.53. The number of pyridine rings is 1. The zero-order chi connectivity index (χ0) is 14.4. The summed E-state index contributed by atoms with van der Waals surface area (Å²) in [5.74, 6) is 7.92. The molecule has 112 valence electrons. The van der Waals surface area contributed by atoms with Gasteiger partial charge in [-0.25, -0.2) is 0 Å². The largest absolute Gasteiger partial charge is 0.347 e. The molecular weight excluding hydrogens is 264 g/mol. The lowest BCUT2D eigenvalue weighted by Gasteiger charge is -2.56. The first-order chi connectivity index (χ1) is 10.2. The van der Waals surface area contributed by atoms with Crippen molar-refractivity contribution in [2.45, 2.75) is 44.1 Å². The molecule has 0 aromatic carbocycles. The number of nitrogen functional groups attached to an aromatic ring is 1. The third-order valence-corrected chi connectivity index (χ3v) is 5.64. The Bertz CT molecular complexity index is 536. The number of rotatable bonds is 3. The van der Waals surface area contributed by atoms with Gasteiger partial charge >= 0.3 is 0 Å². The number of nitrogens with one attached hydrogen (secondary N) is 2. The maximum Gasteiger partial charge on any atom is 0.253 e. The van der Waals surface area contributed by atoms with Crippen LogP contribution in [0.25, 0.3) is 0 Å². The molecule has 1 amide bonds. The monoisotopic (exact) mass is 286 g/mol. The minimum atomic E-state index is -0.0210. The topological polar surface area (TPSA) is 80.0 Å². The number of amides is 1. The molecule has 4 N–H and O–H groups in total. The Kier molecular flexibility index (Phi) is 2.92. The number of anilines is 1. The first kappa shape index (κ1) is 13.1. The number of hydrogen-bond donors (Lipinski definition) is 3. The third kappa shape index (κ3) is 2.20. The second kappa shape index (κ2) is 4.70. The summed E-state index contributed by atoms with van der Waals surface area (Å²) in [5.41, 5.74) is 3.76. The summed E-state index contributed by atoms with van der Waals surface area (Å²) in [6, 6.07) is 1.73. The van der Waals surface area contributed by atoms with Crippen LogP contribution in [0, 0.1) is 17.8 Å². The summed E-state index contributed by atoms with van der Waals surface area (Å²) in [6.07, 6.45) is 10.8. The molecule has 4 fully saturated rings. The van der Waals surface area contributed by atoms with E-state index < -0.39 is 0 Å². The van der Waals surface area contributed by atoms with Crippen LogP contribution in [-0.4, -0.2) is 16.4 Å². The van der Waals surface area contributed by atoms with E-state index in [9.17, 15) is 4.79 Å². The van der Waals surface area contributed by atoms with E-state index >= 15 is 0 Å². The molecular formula is C16H22N4O. The fourth-order valence-corrected chi connectivity index (χ4v) is 5.28. The van der Waals surface area contributed by atoms with Gasteiger partial charge < -0.3 is 10.7 Å². The highest BCUT2D eigenvalue weighted by Gasteiger charge is 2.51. The summed E-state index contributed by atoms with van der Waals surface area (Å²) in [5, 5.41) is 3.35. The first-order valence-corrected chi connectivity index (χ1v) is 7.90. The Hall–Kier alpha value is -1.62. The van der Waals surface area contributed by atoms with Gasteiger partial charge in [-0.15, -0.1) is 0 Å². The Balaban J connectivity index is 1.57. The quantitative estimate of drug-likeness (QED) is 0.587. The minimum Gasteiger partial charge on any atom is -0.347 e. The second-order valence-corrected chi connectivity index (χ2v) is 7.22. The van der Waals surface area contributed by atoms with Gasteiger partial charge in [0.15, 0.2) is 0 Å². The molecule has 0 unspecified atom stereocenters. The Morgan fingerprint density at radius 2 is 1.81 bits per heavy atom. The molecule has 0 spiro atoms. The van der Waals surface area contributed by atoms with E-state index in [0.717, 1.165) is 37.0 Å². The summed E-state index contributed by atoms with van der Waals surface area (Å²) in [6.45, 7) is 0. The van der Waals surface area contributed by atoms with Gasteiger partial charge in [0.25, 0.3) is 5.91 Å². The third-order valence-electron chi connectivity index (χ3n) is 5.64. The normalized spacial score (nSPS) is 36.5. The van der Waals surface area contributed by atoms with Gasteiger partial charge in [0.1, 0.15) is 0 Å². The van der Waals surface area contributed by atoms with Crippen molar-refractivity contribution in [1.82, 2.24) is 10.3 Å². The number of nitrogens with two attached hydrogens (primary N) is 1. The lowest BCUT2D eigenvalue weighted by molar-refractivity contribution is -0.0166. The Morgan fingerprint density at radius 1 is 1.19 bits per heavy atom. The van der Waals surface area contributed by atoms with Gasteiger partial charge in [-0.2, -0.15) is 0 Å².